The van der Waals surface area contributed by atoms with Crippen molar-refractivity contribution in [2.75, 3.05) is 6.61 Å². The Morgan fingerprint density at radius 2 is 1.82 bits per heavy atom. The van der Waals surface area contributed by atoms with Crippen molar-refractivity contribution in [2.24, 2.45) is 0 Å². The summed E-state index contributed by atoms with van der Waals surface area (Å²) in [4.78, 5) is 0. The molecule has 0 amide bonds. The first kappa shape index (κ1) is 11.0. The van der Waals surface area contributed by atoms with Gasteiger partial charge in [-0.15, -0.1) is 0 Å². The lowest BCUT2D eigenvalue weighted by atomic mass is 10.4. The Labute approximate surface area is 67.2 Å². The van der Waals surface area contributed by atoms with Crippen LogP contribution in [0.3, 0.4) is 0 Å². The molecular weight excluding hydrogens is 194 g/mol. The highest BCUT2D eigenvalue weighted by molar-refractivity contribution is 7.81. The van der Waals surface area contributed by atoms with E-state index in [0.29, 0.717) is 0 Å². The first-order chi connectivity index (χ1) is 5.00. The maximum atomic E-state index is 9.99. The fraction of sp³-hybridized carbons (Fsp3) is 1.00. The van der Waals surface area contributed by atoms with E-state index in [1.807, 2.05) is 0 Å². The van der Waals surface area contributed by atoms with Crippen molar-refractivity contribution < 1.29 is 20.6 Å². The van der Waals surface area contributed by atoms with Crippen LogP contribution in [0.15, 0.2) is 0 Å². The molecule has 0 saturated carbocycles. The Morgan fingerprint density at radius 1 is 1.27 bits per heavy atom. The predicted molar refractivity (Wildman–Crippen MR) is 36.9 cm³/mol. The molecule has 66 valence electrons. The van der Waals surface area contributed by atoms with E-state index < -0.39 is 10.6 Å². The molecule has 1 rings (SSSR count). The molecular formula is C4H8F2O3SSi. The van der Waals surface area contributed by atoms with Crippen molar-refractivity contribution in [1.29, 1.82) is 0 Å². The summed E-state index contributed by atoms with van der Waals surface area (Å²) < 4.78 is 41.7. The van der Waals surface area contributed by atoms with Crippen LogP contribution >= 0.6 is 0 Å². The minimum absolute atomic E-state index is 0.802. The molecule has 0 aromatic rings. The number of halogens is 2. The molecule has 3 nitrogen and oxygen atoms in total. The molecule has 0 aromatic heterocycles. The molecule has 0 bridgehead atoms. The molecule has 7 heteroatoms. The van der Waals surface area contributed by atoms with Crippen molar-refractivity contribution >= 4 is 20.4 Å². The summed E-state index contributed by atoms with van der Waals surface area (Å²) >= 11 is 0. The number of rotatable bonds is 0. The fourth-order valence-corrected chi connectivity index (χ4v) is 1.34. The Bertz CT molecular complexity index is 158. The van der Waals surface area contributed by atoms with Crippen LogP contribution in [-0.4, -0.2) is 24.8 Å². The zero-order valence-electron chi connectivity index (χ0n) is 5.72. The SMILES string of the molecule is C1CC[Si]OC1.O=S(=O)(F)F. The highest BCUT2D eigenvalue weighted by Crippen LogP contribution is 2.01. The van der Waals surface area contributed by atoms with E-state index in [0.717, 1.165) is 16.4 Å². The molecule has 2 radical (unpaired) electrons. The standard InChI is InChI=1S/C4H8OSi.F2O2S/c1-2-4-6-5-3-1;1-5(2,3)4/h1-4H2;. The summed E-state index contributed by atoms with van der Waals surface area (Å²) in [6, 6.07) is 1.31. The van der Waals surface area contributed by atoms with Gasteiger partial charge in [-0.05, 0) is 12.5 Å². The van der Waals surface area contributed by atoms with Gasteiger partial charge < -0.3 is 4.43 Å². The summed E-state index contributed by atoms with van der Waals surface area (Å²) in [6.45, 7) is 1.01. The van der Waals surface area contributed by atoms with Gasteiger partial charge in [0.05, 0.1) is 0 Å². The second kappa shape index (κ2) is 5.61. The van der Waals surface area contributed by atoms with Crippen molar-refractivity contribution in [2.45, 2.75) is 18.9 Å². The normalized spacial score (nSPS) is 18.4. The molecule has 0 spiro atoms. The molecule has 0 unspecified atom stereocenters. The zero-order valence-corrected chi connectivity index (χ0v) is 7.53. The molecule has 1 saturated heterocycles. The lowest BCUT2D eigenvalue weighted by molar-refractivity contribution is 0.304. The lowest BCUT2D eigenvalue weighted by Gasteiger charge is -2.06. The van der Waals surface area contributed by atoms with Gasteiger partial charge in [-0.25, -0.2) is 0 Å². The average Bonchev–Trinajstić information content (AvgIpc) is 1.88. The summed E-state index contributed by atoms with van der Waals surface area (Å²) in [5.41, 5.74) is 0. The van der Waals surface area contributed by atoms with Crippen LogP contribution in [0, 0.1) is 0 Å². The summed E-state index contributed by atoms with van der Waals surface area (Å²) in [5, 5.41) is 0. The summed E-state index contributed by atoms with van der Waals surface area (Å²) in [7, 11) is -4.86. The van der Waals surface area contributed by atoms with Gasteiger partial charge in [0.15, 0.2) is 0 Å². The first-order valence-corrected chi connectivity index (χ1v) is 5.39. The average molecular weight is 202 g/mol. The topological polar surface area (TPSA) is 43.4 Å². The second-order valence-corrected chi connectivity index (χ2v) is 3.66. The second-order valence-electron chi connectivity index (χ2n) is 1.83. The Hall–Kier alpha value is -0.0131. The molecule has 0 aromatic carbocycles. The maximum absolute atomic E-state index is 9.99. The predicted octanol–water partition coefficient (Wildman–Crippen LogP) is 1.00. The van der Waals surface area contributed by atoms with E-state index in [2.05, 4.69) is 0 Å². The molecule has 1 fully saturated rings. The monoisotopic (exact) mass is 202 g/mol. The van der Waals surface area contributed by atoms with E-state index in [9.17, 15) is 7.77 Å². The maximum Gasteiger partial charge on any atom is 0.476 e. The summed E-state index contributed by atoms with van der Waals surface area (Å²) in [5.74, 6) is 0. The van der Waals surface area contributed by atoms with Crippen LogP contribution in [0.1, 0.15) is 12.8 Å². The van der Waals surface area contributed by atoms with Gasteiger partial charge in [-0.3, -0.25) is 0 Å². The van der Waals surface area contributed by atoms with Crippen molar-refractivity contribution in [3.05, 3.63) is 0 Å². The Balaban J connectivity index is 0.000000187. The molecule has 0 atom stereocenters. The Morgan fingerprint density at radius 3 is 1.91 bits per heavy atom. The molecule has 1 aliphatic rings. The van der Waals surface area contributed by atoms with Gasteiger partial charge in [-0.1, -0.05) is 14.2 Å². The third kappa shape index (κ3) is 17.8. The minimum Gasteiger partial charge on any atom is -0.417 e. The van der Waals surface area contributed by atoms with E-state index in [4.69, 9.17) is 12.8 Å². The molecule has 11 heavy (non-hydrogen) atoms. The third-order valence-electron chi connectivity index (χ3n) is 0.877. The third-order valence-corrected chi connectivity index (χ3v) is 1.84. The number of hydrogen-bond acceptors (Lipinski definition) is 3. The van der Waals surface area contributed by atoms with E-state index in [-0.39, 0.29) is 0 Å². The van der Waals surface area contributed by atoms with E-state index in [1.54, 1.807) is 0 Å². The van der Waals surface area contributed by atoms with Gasteiger partial charge in [0.1, 0.15) is 0 Å². The van der Waals surface area contributed by atoms with Crippen LogP contribution in [0.4, 0.5) is 7.77 Å². The van der Waals surface area contributed by atoms with Crippen LogP contribution in [-0.2, 0) is 15.0 Å². The molecule has 0 aliphatic carbocycles. The fourth-order valence-electron chi connectivity index (χ4n) is 0.516. The van der Waals surface area contributed by atoms with Gasteiger partial charge in [0, 0.05) is 6.61 Å². The van der Waals surface area contributed by atoms with Gasteiger partial charge in [0.2, 0.25) is 9.76 Å². The van der Waals surface area contributed by atoms with E-state index >= 15 is 0 Å². The van der Waals surface area contributed by atoms with Gasteiger partial charge in [0.25, 0.3) is 0 Å². The Kier molecular flexibility index (Phi) is 5.61. The highest BCUT2D eigenvalue weighted by atomic mass is 32.3. The van der Waals surface area contributed by atoms with Crippen LogP contribution in [0.2, 0.25) is 6.04 Å². The highest BCUT2D eigenvalue weighted by Gasteiger charge is 1.97. The smallest absolute Gasteiger partial charge is 0.417 e. The molecule has 0 N–H and O–H groups in total. The van der Waals surface area contributed by atoms with Crippen molar-refractivity contribution in [1.82, 2.24) is 0 Å². The first-order valence-electron chi connectivity index (χ1n) is 2.99. The summed E-state index contributed by atoms with van der Waals surface area (Å²) in [6.07, 6.45) is 2.67. The van der Waals surface area contributed by atoms with Crippen molar-refractivity contribution in [3.8, 4) is 0 Å². The lowest BCUT2D eigenvalue weighted by Crippen LogP contribution is -2.06. The quantitative estimate of drug-likeness (QED) is 0.435. The van der Waals surface area contributed by atoms with Gasteiger partial charge in [-0.2, -0.15) is 8.42 Å². The molecule has 1 heterocycles. The molecule has 1 aliphatic heterocycles. The largest absolute Gasteiger partial charge is 0.476 e. The zero-order chi connectivity index (χ0) is 8.74. The van der Waals surface area contributed by atoms with E-state index in [1.165, 1.54) is 18.9 Å². The van der Waals surface area contributed by atoms with Crippen LogP contribution in [0.25, 0.3) is 0 Å². The van der Waals surface area contributed by atoms with Crippen LogP contribution in [0.5, 0.6) is 0 Å². The van der Waals surface area contributed by atoms with Crippen LogP contribution < -0.4 is 0 Å². The minimum atomic E-state index is -5.67. The van der Waals surface area contributed by atoms with Crippen molar-refractivity contribution in [3.63, 3.8) is 0 Å². The van der Waals surface area contributed by atoms with Gasteiger partial charge >= 0.3 is 10.6 Å². The number of hydrogen-bond donors (Lipinski definition) is 0.